The lowest BCUT2D eigenvalue weighted by atomic mass is 9.99. The molecule has 1 aromatic rings. The minimum Gasteiger partial charge on any atom is -0.497 e. The van der Waals surface area contributed by atoms with Gasteiger partial charge in [0.2, 0.25) is 0 Å². The summed E-state index contributed by atoms with van der Waals surface area (Å²) in [5, 5.41) is 0. The molecule has 0 saturated carbocycles. The van der Waals surface area contributed by atoms with Gasteiger partial charge in [0, 0.05) is 11.6 Å². The summed E-state index contributed by atoms with van der Waals surface area (Å²) in [6, 6.07) is 3.39. The van der Waals surface area contributed by atoms with Crippen molar-refractivity contribution < 1.29 is 14.3 Å². The molecule has 0 bridgehead atoms. The Kier molecular flexibility index (Phi) is 4.52. The number of aryl methyl sites for hydroxylation is 1. The highest BCUT2D eigenvalue weighted by Crippen LogP contribution is 2.34. The summed E-state index contributed by atoms with van der Waals surface area (Å²) < 4.78 is 10.5. The van der Waals surface area contributed by atoms with E-state index in [0.717, 1.165) is 23.2 Å². The first-order valence-electron chi connectivity index (χ1n) is 5.39. The van der Waals surface area contributed by atoms with Crippen LogP contribution in [0.2, 0.25) is 0 Å². The van der Waals surface area contributed by atoms with E-state index < -0.39 is 0 Å². The number of rotatable bonds is 5. The molecule has 0 fully saturated rings. The highest BCUT2D eigenvalue weighted by Gasteiger charge is 2.20. The third-order valence-electron chi connectivity index (χ3n) is 2.76. The van der Waals surface area contributed by atoms with Crippen molar-refractivity contribution >= 4 is 6.29 Å². The van der Waals surface area contributed by atoms with Crippen LogP contribution in [0.1, 0.15) is 17.2 Å². The second-order valence-electron chi connectivity index (χ2n) is 4.10. The maximum Gasteiger partial charge on any atom is 0.141 e. The first kappa shape index (κ1) is 13.5. The number of carbonyl (C=O) groups is 1. The molecule has 0 spiro atoms. The van der Waals surface area contributed by atoms with Gasteiger partial charge in [0.1, 0.15) is 17.8 Å². The van der Waals surface area contributed by atoms with Crippen LogP contribution in [-0.4, -0.2) is 39.5 Å². The van der Waals surface area contributed by atoms with E-state index in [-0.39, 0.29) is 6.04 Å². The van der Waals surface area contributed by atoms with Gasteiger partial charge < -0.3 is 14.3 Å². The minimum atomic E-state index is -0.309. The Bertz CT molecular complexity index is 402. The smallest absolute Gasteiger partial charge is 0.141 e. The van der Waals surface area contributed by atoms with Gasteiger partial charge in [0.15, 0.2) is 0 Å². The van der Waals surface area contributed by atoms with Crippen LogP contribution in [0.3, 0.4) is 0 Å². The largest absolute Gasteiger partial charge is 0.497 e. The van der Waals surface area contributed by atoms with E-state index in [0.29, 0.717) is 5.75 Å². The molecule has 1 unspecified atom stereocenters. The number of aldehydes is 1. The lowest BCUT2D eigenvalue weighted by molar-refractivity contribution is -0.111. The lowest BCUT2D eigenvalue weighted by Crippen LogP contribution is -2.22. The molecule has 0 radical (unpaired) electrons. The topological polar surface area (TPSA) is 38.8 Å². The van der Waals surface area contributed by atoms with E-state index in [4.69, 9.17) is 9.47 Å². The van der Waals surface area contributed by atoms with Gasteiger partial charge in [-0.15, -0.1) is 0 Å². The molecular weight excluding hydrogens is 218 g/mol. The number of methoxy groups -OCH3 is 2. The first-order chi connectivity index (χ1) is 8.04. The molecule has 0 saturated heterocycles. The van der Waals surface area contributed by atoms with Crippen molar-refractivity contribution in [1.82, 2.24) is 4.90 Å². The summed E-state index contributed by atoms with van der Waals surface area (Å²) in [4.78, 5) is 13.0. The molecular formula is C13H19NO3. The molecule has 17 heavy (non-hydrogen) atoms. The van der Waals surface area contributed by atoms with E-state index in [1.54, 1.807) is 20.3 Å². The van der Waals surface area contributed by atoms with Crippen LogP contribution in [0.4, 0.5) is 0 Å². The van der Waals surface area contributed by atoms with Gasteiger partial charge in [-0.3, -0.25) is 4.90 Å². The molecule has 0 amide bonds. The Hall–Kier alpha value is -1.55. The summed E-state index contributed by atoms with van der Waals surface area (Å²) in [5.74, 6) is 1.40. The zero-order valence-corrected chi connectivity index (χ0v) is 11.0. The molecule has 0 aromatic heterocycles. The molecule has 1 atom stereocenters. The summed E-state index contributed by atoms with van der Waals surface area (Å²) in [6.07, 6.45) is 0.914. The van der Waals surface area contributed by atoms with Crippen LogP contribution >= 0.6 is 0 Å². The zero-order chi connectivity index (χ0) is 13.0. The van der Waals surface area contributed by atoms with Crippen LogP contribution in [0.5, 0.6) is 11.5 Å². The van der Waals surface area contributed by atoms with Crippen molar-refractivity contribution in [1.29, 1.82) is 0 Å². The molecule has 4 nitrogen and oxygen atoms in total. The number of likely N-dealkylation sites (N-methyl/N-ethyl adjacent to an activating group) is 1. The first-order valence-corrected chi connectivity index (χ1v) is 5.39. The summed E-state index contributed by atoms with van der Waals surface area (Å²) in [5.41, 5.74) is 1.86. The van der Waals surface area contributed by atoms with Crippen LogP contribution in [0.15, 0.2) is 12.1 Å². The number of nitrogens with zero attached hydrogens (tertiary/aromatic N) is 1. The van der Waals surface area contributed by atoms with Crippen molar-refractivity contribution in [2.45, 2.75) is 13.0 Å². The third kappa shape index (κ3) is 2.77. The predicted molar refractivity (Wildman–Crippen MR) is 66.8 cm³/mol. The number of benzene rings is 1. The zero-order valence-electron chi connectivity index (χ0n) is 11.0. The average molecular weight is 237 g/mol. The molecule has 94 valence electrons. The van der Waals surface area contributed by atoms with E-state index in [9.17, 15) is 4.79 Å². The van der Waals surface area contributed by atoms with Crippen LogP contribution < -0.4 is 9.47 Å². The van der Waals surface area contributed by atoms with Gasteiger partial charge in [-0.2, -0.15) is 0 Å². The van der Waals surface area contributed by atoms with Gasteiger partial charge in [-0.1, -0.05) is 0 Å². The highest BCUT2D eigenvalue weighted by atomic mass is 16.5. The predicted octanol–water partition coefficient (Wildman–Crippen LogP) is 1.81. The van der Waals surface area contributed by atoms with Gasteiger partial charge in [0.05, 0.1) is 20.3 Å². The standard InChI is InChI=1S/C13H19NO3/c1-9-6-10(16-4)7-12(17-5)13(9)11(8-15)14(2)3/h6-8,11H,1-5H3. The molecule has 1 aromatic carbocycles. The fourth-order valence-electron chi connectivity index (χ4n) is 1.85. The Morgan fingerprint density at radius 1 is 1.24 bits per heavy atom. The summed E-state index contributed by atoms with van der Waals surface area (Å²) >= 11 is 0. The Morgan fingerprint density at radius 2 is 1.88 bits per heavy atom. The Balaban J connectivity index is 3.35. The SMILES string of the molecule is COc1cc(C)c(C(C=O)N(C)C)c(OC)c1. The quantitative estimate of drug-likeness (QED) is 0.732. The lowest BCUT2D eigenvalue weighted by Gasteiger charge is -2.23. The van der Waals surface area contributed by atoms with Crippen LogP contribution in [0.25, 0.3) is 0 Å². The average Bonchev–Trinajstić information content (AvgIpc) is 2.31. The molecule has 0 aliphatic heterocycles. The van der Waals surface area contributed by atoms with E-state index in [1.165, 1.54) is 0 Å². The number of ether oxygens (including phenoxy) is 2. The van der Waals surface area contributed by atoms with Gasteiger partial charge >= 0.3 is 0 Å². The number of hydrogen-bond acceptors (Lipinski definition) is 4. The van der Waals surface area contributed by atoms with Crippen LogP contribution in [-0.2, 0) is 4.79 Å². The number of hydrogen-bond donors (Lipinski definition) is 0. The molecule has 1 rings (SSSR count). The Morgan fingerprint density at radius 3 is 2.29 bits per heavy atom. The Labute approximate surface area is 102 Å². The molecule has 0 aliphatic rings. The van der Waals surface area contributed by atoms with Crippen molar-refractivity contribution in [2.75, 3.05) is 28.3 Å². The number of carbonyl (C=O) groups excluding carboxylic acids is 1. The van der Waals surface area contributed by atoms with Crippen molar-refractivity contribution in [3.63, 3.8) is 0 Å². The maximum atomic E-state index is 11.2. The van der Waals surface area contributed by atoms with Gasteiger partial charge in [0.25, 0.3) is 0 Å². The highest BCUT2D eigenvalue weighted by molar-refractivity contribution is 5.66. The molecule has 0 heterocycles. The van der Waals surface area contributed by atoms with E-state index >= 15 is 0 Å². The monoisotopic (exact) mass is 237 g/mol. The molecule has 4 heteroatoms. The fraction of sp³-hybridized carbons (Fsp3) is 0.462. The fourth-order valence-corrected chi connectivity index (χ4v) is 1.85. The summed E-state index contributed by atoms with van der Waals surface area (Å²) in [6.45, 7) is 1.94. The molecule has 0 aliphatic carbocycles. The van der Waals surface area contributed by atoms with Gasteiger partial charge in [-0.25, -0.2) is 0 Å². The molecule has 0 N–H and O–H groups in total. The van der Waals surface area contributed by atoms with E-state index in [1.807, 2.05) is 32.0 Å². The maximum absolute atomic E-state index is 11.2. The summed E-state index contributed by atoms with van der Waals surface area (Å²) in [7, 11) is 6.93. The third-order valence-corrected chi connectivity index (χ3v) is 2.76. The van der Waals surface area contributed by atoms with Crippen molar-refractivity contribution in [2.24, 2.45) is 0 Å². The second-order valence-corrected chi connectivity index (χ2v) is 4.10. The van der Waals surface area contributed by atoms with Crippen molar-refractivity contribution in [3.8, 4) is 11.5 Å². The van der Waals surface area contributed by atoms with E-state index in [2.05, 4.69) is 0 Å². The normalized spacial score (nSPS) is 12.4. The van der Waals surface area contributed by atoms with Crippen molar-refractivity contribution in [3.05, 3.63) is 23.3 Å². The minimum absolute atomic E-state index is 0.309. The second kappa shape index (κ2) is 5.68. The van der Waals surface area contributed by atoms with Gasteiger partial charge in [-0.05, 0) is 32.6 Å². The van der Waals surface area contributed by atoms with Crippen LogP contribution in [0, 0.1) is 6.92 Å².